The Balaban J connectivity index is 1.97. The lowest BCUT2D eigenvalue weighted by Crippen LogP contribution is -2.20. The molecule has 0 aliphatic carbocycles. The Bertz CT molecular complexity index is 810. The van der Waals surface area contributed by atoms with Crippen LogP contribution in [-0.4, -0.2) is 24.5 Å². The van der Waals surface area contributed by atoms with Gasteiger partial charge in [-0.1, -0.05) is 23.2 Å². The number of benzene rings is 2. The first kappa shape index (κ1) is 20.6. The van der Waals surface area contributed by atoms with E-state index < -0.39 is 0 Å². The van der Waals surface area contributed by atoms with Crippen molar-refractivity contribution in [3.05, 3.63) is 57.6 Å². The molecule has 0 unspecified atom stereocenters. The van der Waals surface area contributed by atoms with Gasteiger partial charge in [0, 0.05) is 9.92 Å². The maximum absolute atomic E-state index is 12.1. The Morgan fingerprint density at radius 2 is 2.04 bits per heavy atom. The maximum Gasteiger partial charge on any atom is 0.244 e. The van der Waals surface area contributed by atoms with Crippen LogP contribution in [0.25, 0.3) is 0 Å². The summed E-state index contributed by atoms with van der Waals surface area (Å²) >= 11 is 13.8. The van der Waals surface area contributed by atoms with Gasteiger partial charge in [0.05, 0.1) is 23.8 Å². The highest BCUT2D eigenvalue weighted by Crippen LogP contribution is 2.26. The van der Waals surface area contributed by atoms with E-state index in [1.165, 1.54) is 6.21 Å². The van der Waals surface area contributed by atoms with Crippen molar-refractivity contribution in [1.82, 2.24) is 5.43 Å². The van der Waals surface area contributed by atoms with Crippen LogP contribution in [0, 0.1) is 0 Å². The number of hydrazone groups is 1. The van der Waals surface area contributed by atoms with Crippen LogP contribution in [0.15, 0.2) is 46.4 Å². The van der Waals surface area contributed by atoms with Gasteiger partial charge in [-0.2, -0.15) is 5.10 Å². The summed E-state index contributed by atoms with van der Waals surface area (Å²) in [6, 6.07) is 10.8. The lowest BCUT2D eigenvalue weighted by Gasteiger charge is -2.11. The quantitative estimate of drug-likeness (QED) is 0.387. The molecule has 0 bridgehead atoms. The van der Waals surface area contributed by atoms with Crippen molar-refractivity contribution in [3.8, 4) is 5.75 Å². The van der Waals surface area contributed by atoms with E-state index in [9.17, 15) is 4.79 Å². The van der Waals surface area contributed by atoms with Gasteiger partial charge in [0.15, 0.2) is 0 Å². The van der Waals surface area contributed by atoms with Crippen LogP contribution in [-0.2, 0) is 11.2 Å². The van der Waals surface area contributed by atoms with Gasteiger partial charge in [0.2, 0.25) is 5.91 Å². The Labute approximate surface area is 167 Å². The standard InChI is InChI=1S/C19H20Cl2N2O2S/c1-12(2)25-17-6-4-13(8-16(17)21)11-22-23-19(24)10-14-9-15(20)5-7-18(14)26-3/h4-9,11-12H,10H2,1-3H3,(H,23,24)/b22-11-. The van der Waals surface area contributed by atoms with Crippen molar-refractivity contribution in [2.45, 2.75) is 31.3 Å². The minimum absolute atomic E-state index is 0.0453. The molecule has 0 aliphatic rings. The highest BCUT2D eigenvalue weighted by molar-refractivity contribution is 7.98. The molecule has 1 amide bonds. The van der Waals surface area contributed by atoms with Crippen LogP contribution in [0.4, 0.5) is 0 Å². The van der Waals surface area contributed by atoms with Crippen LogP contribution >= 0.6 is 35.0 Å². The summed E-state index contributed by atoms with van der Waals surface area (Å²) in [7, 11) is 0. The van der Waals surface area contributed by atoms with Crippen LogP contribution in [0.5, 0.6) is 5.75 Å². The molecule has 0 atom stereocenters. The van der Waals surface area contributed by atoms with Gasteiger partial charge in [-0.25, -0.2) is 5.43 Å². The fourth-order valence-corrected chi connectivity index (χ4v) is 3.25. The molecule has 0 fully saturated rings. The van der Waals surface area contributed by atoms with Gasteiger partial charge < -0.3 is 4.74 Å². The van der Waals surface area contributed by atoms with Gasteiger partial charge >= 0.3 is 0 Å². The summed E-state index contributed by atoms with van der Waals surface area (Å²) in [6.45, 7) is 3.87. The second-order valence-electron chi connectivity index (χ2n) is 5.78. The van der Waals surface area contributed by atoms with E-state index >= 15 is 0 Å². The van der Waals surface area contributed by atoms with Crippen LogP contribution in [0.3, 0.4) is 0 Å². The predicted molar refractivity (Wildman–Crippen MR) is 110 cm³/mol. The van der Waals surface area contributed by atoms with E-state index in [2.05, 4.69) is 10.5 Å². The predicted octanol–water partition coefficient (Wildman–Crippen LogP) is 5.20. The molecule has 4 nitrogen and oxygen atoms in total. The van der Waals surface area contributed by atoms with Crippen molar-refractivity contribution in [2.75, 3.05) is 6.26 Å². The van der Waals surface area contributed by atoms with E-state index in [0.717, 1.165) is 16.0 Å². The Morgan fingerprint density at radius 3 is 2.69 bits per heavy atom. The minimum atomic E-state index is -0.218. The number of ether oxygens (including phenoxy) is 1. The second-order valence-corrected chi connectivity index (χ2v) is 7.47. The number of carbonyl (C=O) groups excluding carboxylic acids is 1. The first-order valence-corrected chi connectivity index (χ1v) is 9.97. The molecule has 0 aromatic heterocycles. The molecule has 0 spiro atoms. The van der Waals surface area contributed by atoms with Crippen molar-refractivity contribution >= 4 is 47.1 Å². The minimum Gasteiger partial charge on any atom is -0.489 e. The molecule has 138 valence electrons. The monoisotopic (exact) mass is 410 g/mol. The lowest BCUT2D eigenvalue weighted by atomic mass is 10.1. The Kier molecular flexibility index (Phi) is 7.82. The van der Waals surface area contributed by atoms with E-state index in [0.29, 0.717) is 15.8 Å². The number of rotatable bonds is 7. The number of carbonyl (C=O) groups is 1. The summed E-state index contributed by atoms with van der Waals surface area (Å²) < 4.78 is 5.58. The molecule has 2 rings (SSSR count). The molecule has 0 heterocycles. The molecule has 0 saturated carbocycles. The van der Waals surface area contributed by atoms with E-state index in [1.54, 1.807) is 30.0 Å². The summed E-state index contributed by atoms with van der Waals surface area (Å²) in [5, 5.41) is 5.09. The molecule has 0 aliphatic heterocycles. The van der Waals surface area contributed by atoms with E-state index in [4.69, 9.17) is 27.9 Å². The highest BCUT2D eigenvalue weighted by Gasteiger charge is 2.08. The third-order valence-electron chi connectivity index (χ3n) is 3.31. The zero-order valence-electron chi connectivity index (χ0n) is 14.8. The third kappa shape index (κ3) is 6.24. The van der Waals surface area contributed by atoms with Crippen molar-refractivity contribution in [1.29, 1.82) is 0 Å². The molecule has 0 radical (unpaired) electrons. The largest absolute Gasteiger partial charge is 0.489 e. The maximum atomic E-state index is 12.1. The first-order chi connectivity index (χ1) is 12.4. The molecular weight excluding hydrogens is 391 g/mol. The number of hydrogen-bond donors (Lipinski definition) is 1. The topological polar surface area (TPSA) is 50.7 Å². The van der Waals surface area contributed by atoms with Gasteiger partial charge in [0.1, 0.15) is 5.75 Å². The Hall–Kier alpha value is -1.69. The number of hydrogen-bond acceptors (Lipinski definition) is 4. The number of halogens is 2. The summed E-state index contributed by atoms with van der Waals surface area (Å²) in [4.78, 5) is 13.1. The summed E-state index contributed by atoms with van der Waals surface area (Å²) in [5.74, 6) is 0.401. The van der Waals surface area contributed by atoms with Gasteiger partial charge in [0.25, 0.3) is 0 Å². The fraction of sp³-hybridized carbons (Fsp3) is 0.263. The van der Waals surface area contributed by atoms with E-state index in [-0.39, 0.29) is 18.4 Å². The summed E-state index contributed by atoms with van der Waals surface area (Å²) in [5.41, 5.74) is 4.15. The smallest absolute Gasteiger partial charge is 0.244 e. The fourth-order valence-electron chi connectivity index (χ4n) is 2.22. The molecule has 26 heavy (non-hydrogen) atoms. The van der Waals surface area contributed by atoms with E-state index in [1.807, 2.05) is 38.3 Å². The van der Waals surface area contributed by atoms with Crippen molar-refractivity contribution < 1.29 is 9.53 Å². The van der Waals surface area contributed by atoms with Crippen molar-refractivity contribution in [3.63, 3.8) is 0 Å². The highest BCUT2D eigenvalue weighted by atomic mass is 35.5. The average Bonchev–Trinajstić information content (AvgIpc) is 2.57. The summed E-state index contributed by atoms with van der Waals surface area (Å²) in [6.07, 6.45) is 3.75. The number of amides is 1. The van der Waals surface area contributed by atoms with Gasteiger partial charge in [-0.3, -0.25) is 4.79 Å². The zero-order valence-corrected chi connectivity index (χ0v) is 17.1. The normalized spacial score (nSPS) is 11.2. The van der Waals surface area contributed by atoms with Crippen LogP contribution < -0.4 is 10.2 Å². The zero-order chi connectivity index (χ0) is 19.1. The van der Waals surface area contributed by atoms with Gasteiger partial charge in [-0.15, -0.1) is 11.8 Å². The first-order valence-electron chi connectivity index (χ1n) is 7.99. The lowest BCUT2D eigenvalue weighted by molar-refractivity contribution is -0.120. The number of nitrogens with one attached hydrogen (secondary N) is 1. The number of nitrogens with zero attached hydrogens (tertiary/aromatic N) is 1. The van der Waals surface area contributed by atoms with Crippen LogP contribution in [0.2, 0.25) is 10.0 Å². The molecule has 7 heteroatoms. The van der Waals surface area contributed by atoms with Crippen molar-refractivity contribution in [2.24, 2.45) is 5.10 Å². The molecule has 2 aromatic carbocycles. The average molecular weight is 411 g/mol. The molecular formula is C19H20Cl2N2O2S. The number of thioether (sulfide) groups is 1. The van der Waals surface area contributed by atoms with Crippen LogP contribution in [0.1, 0.15) is 25.0 Å². The molecule has 0 saturated heterocycles. The Morgan fingerprint density at radius 1 is 1.27 bits per heavy atom. The second kappa shape index (κ2) is 9.86. The third-order valence-corrected chi connectivity index (χ3v) is 4.68. The van der Waals surface area contributed by atoms with Gasteiger partial charge in [-0.05, 0) is 67.6 Å². The SMILES string of the molecule is CSc1ccc(Cl)cc1CC(=O)N/N=C\c1ccc(OC(C)C)c(Cl)c1. The molecule has 2 aromatic rings. The molecule has 1 N–H and O–H groups in total.